The molecule has 2 heterocycles. The van der Waals surface area contributed by atoms with Gasteiger partial charge in [0.2, 0.25) is 0 Å². The van der Waals surface area contributed by atoms with Crippen LogP contribution in [0.3, 0.4) is 0 Å². The van der Waals surface area contributed by atoms with Crippen LogP contribution in [-0.2, 0) is 6.54 Å². The molecule has 0 saturated carbocycles. The van der Waals surface area contributed by atoms with Crippen molar-refractivity contribution in [2.24, 2.45) is 0 Å². The Morgan fingerprint density at radius 1 is 0.706 bits per heavy atom. The van der Waals surface area contributed by atoms with Crippen molar-refractivity contribution in [1.29, 1.82) is 0 Å². The van der Waals surface area contributed by atoms with Crippen molar-refractivity contribution in [3.05, 3.63) is 101 Å². The van der Waals surface area contributed by atoms with Gasteiger partial charge in [-0.05, 0) is 78.4 Å². The summed E-state index contributed by atoms with van der Waals surface area (Å²) in [5, 5.41) is 1.10. The van der Waals surface area contributed by atoms with E-state index in [-0.39, 0.29) is 11.4 Å². The summed E-state index contributed by atoms with van der Waals surface area (Å²) in [7, 11) is 0. The number of anilines is 1. The van der Waals surface area contributed by atoms with E-state index in [4.69, 9.17) is 0 Å². The fraction of sp³-hybridized carbons (Fsp3) is 0.276. The first-order valence-corrected chi connectivity index (χ1v) is 12.1. The van der Waals surface area contributed by atoms with E-state index in [9.17, 15) is 9.18 Å². The maximum absolute atomic E-state index is 13.2. The van der Waals surface area contributed by atoms with E-state index in [1.165, 1.54) is 17.7 Å². The zero-order chi connectivity index (χ0) is 23.3. The summed E-state index contributed by atoms with van der Waals surface area (Å²) in [6.45, 7) is 5.70. The molecule has 0 atom stereocenters. The predicted molar refractivity (Wildman–Crippen MR) is 138 cm³/mol. The fourth-order valence-corrected chi connectivity index (χ4v) is 4.83. The molecule has 0 aliphatic carbocycles. The van der Waals surface area contributed by atoms with Crippen molar-refractivity contribution in [2.75, 3.05) is 37.6 Å². The number of aryl methyl sites for hydroxylation is 1. The molecule has 0 amide bonds. The van der Waals surface area contributed by atoms with Crippen molar-refractivity contribution < 1.29 is 4.39 Å². The zero-order valence-corrected chi connectivity index (χ0v) is 19.4. The summed E-state index contributed by atoms with van der Waals surface area (Å²) in [5.74, 6) is -0.190. The monoisotopic (exact) mass is 455 g/mol. The average molecular weight is 456 g/mol. The van der Waals surface area contributed by atoms with Crippen molar-refractivity contribution in [3.63, 3.8) is 0 Å². The number of fused-ring (bicyclic) bond motifs is 1. The van der Waals surface area contributed by atoms with Gasteiger partial charge in [-0.3, -0.25) is 9.69 Å². The van der Waals surface area contributed by atoms with Crippen LogP contribution in [0.15, 0.2) is 89.7 Å². The van der Waals surface area contributed by atoms with Crippen LogP contribution in [-0.4, -0.2) is 42.2 Å². The summed E-state index contributed by atoms with van der Waals surface area (Å²) in [5.41, 5.74) is 4.50. The molecule has 0 spiro atoms. The van der Waals surface area contributed by atoms with Crippen molar-refractivity contribution in [1.82, 2.24) is 9.47 Å². The maximum Gasteiger partial charge on any atom is 0.251 e. The van der Waals surface area contributed by atoms with Crippen molar-refractivity contribution in [2.45, 2.75) is 19.4 Å². The summed E-state index contributed by atoms with van der Waals surface area (Å²) in [6, 6.07) is 27.1. The summed E-state index contributed by atoms with van der Waals surface area (Å²) in [6.07, 6.45) is 2.03. The van der Waals surface area contributed by atoms with Gasteiger partial charge in [-0.25, -0.2) is 4.39 Å². The van der Waals surface area contributed by atoms with Gasteiger partial charge in [0, 0.05) is 44.5 Å². The smallest absolute Gasteiger partial charge is 0.251 e. The van der Waals surface area contributed by atoms with Crippen LogP contribution < -0.4 is 10.5 Å². The first-order valence-electron chi connectivity index (χ1n) is 12.1. The third-order valence-corrected chi connectivity index (χ3v) is 6.77. The number of benzene rings is 3. The summed E-state index contributed by atoms with van der Waals surface area (Å²) in [4.78, 5) is 17.4. The summed E-state index contributed by atoms with van der Waals surface area (Å²) >= 11 is 0. The lowest BCUT2D eigenvalue weighted by Crippen LogP contribution is -2.46. The molecule has 174 valence electrons. The second-order valence-corrected chi connectivity index (χ2v) is 8.98. The molecule has 0 unspecified atom stereocenters. The molecule has 0 bridgehead atoms. The van der Waals surface area contributed by atoms with Crippen LogP contribution in [0.1, 0.15) is 12.8 Å². The number of unbranched alkanes of at least 4 members (excludes halogenated alkanes) is 1. The Hall–Kier alpha value is -3.44. The van der Waals surface area contributed by atoms with Gasteiger partial charge in [0.15, 0.2) is 0 Å². The van der Waals surface area contributed by atoms with Crippen molar-refractivity contribution in [3.8, 4) is 11.1 Å². The molecule has 1 fully saturated rings. The minimum Gasteiger partial charge on any atom is -0.369 e. The molecule has 1 aliphatic heterocycles. The number of rotatable bonds is 7. The maximum atomic E-state index is 13.2. The van der Waals surface area contributed by atoms with Crippen LogP contribution in [0.4, 0.5) is 10.1 Å². The number of halogens is 1. The Kier molecular flexibility index (Phi) is 6.72. The highest BCUT2D eigenvalue weighted by Crippen LogP contribution is 2.24. The quantitative estimate of drug-likeness (QED) is 0.349. The first kappa shape index (κ1) is 22.4. The van der Waals surface area contributed by atoms with Crippen LogP contribution >= 0.6 is 0 Å². The Labute approximate surface area is 199 Å². The topological polar surface area (TPSA) is 28.5 Å². The third-order valence-electron chi connectivity index (χ3n) is 6.77. The van der Waals surface area contributed by atoms with Crippen LogP contribution in [0.5, 0.6) is 0 Å². The molecule has 5 rings (SSSR count). The molecule has 1 saturated heterocycles. The largest absolute Gasteiger partial charge is 0.369 e. The minimum atomic E-state index is -0.190. The lowest BCUT2D eigenvalue weighted by Gasteiger charge is -2.36. The van der Waals surface area contributed by atoms with Crippen LogP contribution in [0.25, 0.3) is 22.0 Å². The normalized spacial score (nSPS) is 14.6. The van der Waals surface area contributed by atoms with Gasteiger partial charge >= 0.3 is 0 Å². The van der Waals surface area contributed by atoms with Gasteiger partial charge in [-0.1, -0.05) is 36.4 Å². The molecule has 0 N–H and O–H groups in total. The molecule has 5 heteroatoms. The molecular formula is C29H30FN3O. The number of aromatic nitrogens is 1. The van der Waals surface area contributed by atoms with Gasteiger partial charge in [-0.2, -0.15) is 0 Å². The number of piperazine rings is 1. The van der Waals surface area contributed by atoms with E-state index in [2.05, 4.69) is 40.1 Å². The van der Waals surface area contributed by atoms with Gasteiger partial charge < -0.3 is 9.47 Å². The molecular weight excluding hydrogens is 425 g/mol. The van der Waals surface area contributed by atoms with Gasteiger partial charge in [0.05, 0.1) is 5.52 Å². The Morgan fingerprint density at radius 3 is 2.21 bits per heavy atom. The summed E-state index contributed by atoms with van der Waals surface area (Å²) < 4.78 is 15.1. The molecule has 34 heavy (non-hydrogen) atoms. The lowest BCUT2D eigenvalue weighted by molar-refractivity contribution is 0.251. The Morgan fingerprint density at radius 2 is 1.44 bits per heavy atom. The van der Waals surface area contributed by atoms with E-state index in [0.717, 1.165) is 74.3 Å². The van der Waals surface area contributed by atoms with Crippen LogP contribution in [0.2, 0.25) is 0 Å². The zero-order valence-electron chi connectivity index (χ0n) is 19.4. The minimum absolute atomic E-state index is 0.0628. The Balaban J connectivity index is 1.16. The highest BCUT2D eigenvalue weighted by atomic mass is 19.1. The van der Waals surface area contributed by atoms with E-state index in [1.54, 1.807) is 6.07 Å². The van der Waals surface area contributed by atoms with Crippen LogP contribution in [0, 0.1) is 5.82 Å². The number of nitrogens with zero attached hydrogens (tertiary/aromatic N) is 3. The van der Waals surface area contributed by atoms with Gasteiger partial charge in [-0.15, -0.1) is 0 Å². The number of hydrogen-bond donors (Lipinski definition) is 0. The standard InChI is InChI=1S/C29H30FN3O/c30-26-10-12-27(13-11-26)32-20-18-31(19-21-32)16-4-5-17-33-28-14-8-24(23-6-2-1-3-7-23)22-25(28)9-15-29(33)34/h1-3,6-15,22H,4-5,16-21H2. The number of hydrogen-bond acceptors (Lipinski definition) is 3. The molecule has 4 aromatic rings. The van der Waals surface area contributed by atoms with Gasteiger partial charge in [0.25, 0.3) is 5.56 Å². The second-order valence-electron chi connectivity index (χ2n) is 8.98. The highest BCUT2D eigenvalue weighted by molar-refractivity contribution is 5.84. The second kappa shape index (κ2) is 10.2. The lowest BCUT2D eigenvalue weighted by atomic mass is 10.0. The third kappa shape index (κ3) is 5.05. The molecule has 1 aliphatic rings. The van der Waals surface area contributed by atoms with E-state index in [0.29, 0.717) is 0 Å². The predicted octanol–water partition coefficient (Wildman–Crippen LogP) is 5.41. The number of pyridine rings is 1. The Bertz CT molecular complexity index is 1290. The average Bonchev–Trinajstić information content (AvgIpc) is 2.89. The van der Waals surface area contributed by atoms with E-state index < -0.39 is 0 Å². The molecule has 0 radical (unpaired) electrons. The van der Waals surface area contributed by atoms with Gasteiger partial charge in [0.1, 0.15) is 5.82 Å². The molecule has 1 aromatic heterocycles. The molecule has 3 aromatic carbocycles. The fourth-order valence-electron chi connectivity index (χ4n) is 4.83. The SMILES string of the molecule is O=c1ccc2cc(-c3ccccc3)ccc2n1CCCCN1CCN(c2ccc(F)cc2)CC1. The highest BCUT2D eigenvalue weighted by Gasteiger charge is 2.17. The first-order chi connectivity index (χ1) is 16.7. The van der Waals surface area contributed by atoms with E-state index in [1.807, 2.05) is 41.0 Å². The van der Waals surface area contributed by atoms with Crippen molar-refractivity contribution >= 4 is 16.6 Å². The van der Waals surface area contributed by atoms with E-state index >= 15 is 0 Å². The molecule has 4 nitrogen and oxygen atoms in total.